The molecule has 1 aliphatic rings. The van der Waals surface area contributed by atoms with Crippen molar-refractivity contribution in [3.8, 4) is 34.1 Å². The van der Waals surface area contributed by atoms with Gasteiger partial charge in [-0.25, -0.2) is 0 Å². The van der Waals surface area contributed by atoms with Crippen LogP contribution in [0, 0.1) is 6.92 Å². The molecule has 0 amide bonds. The van der Waals surface area contributed by atoms with Gasteiger partial charge in [0.05, 0.1) is 38.5 Å². The van der Waals surface area contributed by atoms with Gasteiger partial charge in [-0.15, -0.1) is 0 Å². The Morgan fingerprint density at radius 1 is 0.944 bits per heavy atom. The van der Waals surface area contributed by atoms with Gasteiger partial charge in [0.25, 0.3) is 0 Å². The van der Waals surface area contributed by atoms with Gasteiger partial charge < -0.3 is 23.4 Å². The van der Waals surface area contributed by atoms with Crippen LogP contribution in [0.15, 0.2) is 64.0 Å². The Balaban J connectivity index is 1.53. The second-order valence-corrected chi connectivity index (χ2v) is 8.85. The van der Waals surface area contributed by atoms with E-state index in [1.807, 2.05) is 49.4 Å². The largest absolute Gasteiger partial charge is 0.496 e. The van der Waals surface area contributed by atoms with Gasteiger partial charge in [-0.2, -0.15) is 0 Å². The van der Waals surface area contributed by atoms with E-state index in [-0.39, 0.29) is 5.43 Å². The highest BCUT2D eigenvalue weighted by molar-refractivity contribution is 5.80. The molecule has 1 aromatic heterocycles. The van der Waals surface area contributed by atoms with Gasteiger partial charge >= 0.3 is 0 Å². The van der Waals surface area contributed by atoms with Crippen LogP contribution in [0.4, 0.5) is 0 Å². The molecule has 5 rings (SSSR count). The number of ether oxygens (including phenoxy) is 4. The van der Waals surface area contributed by atoms with E-state index in [9.17, 15) is 4.79 Å². The lowest BCUT2D eigenvalue weighted by Gasteiger charge is -2.20. The van der Waals surface area contributed by atoms with Crippen LogP contribution in [0.5, 0.6) is 23.0 Å². The zero-order chi connectivity index (χ0) is 25.2. The molecule has 0 spiro atoms. The minimum Gasteiger partial charge on any atom is -0.496 e. The minimum atomic E-state index is -0.00423. The van der Waals surface area contributed by atoms with Gasteiger partial charge in [-0.1, -0.05) is 17.7 Å². The maximum Gasteiger partial charge on any atom is 0.197 e. The fourth-order valence-corrected chi connectivity index (χ4v) is 4.74. The van der Waals surface area contributed by atoms with Crippen LogP contribution in [0.25, 0.3) is 22.1 Å². The molecule has 7 heteroatoms. The van der Waals surface area contributed by atoms with Gasteiger partial charge in [0, 0.05) is 30.8 Å². The highest BCUT2D eigenvalue weighted by Crippen LogP contribution is 2.44. The van der Waals surface area contributed by atoms with Crippen molar-refractivity contribution < 1.29 is 23.4 Å². The first-order valence-electron chi connectivity index (χ1n) is 11.8. The number of hydrogen-bond acceptors (Lipinski definition) is 7. The van der Waals surface area contributed by atoms with Crippen molar-refractivity contribution >= 4 is 11.0 Å². The van der Waals surface area contributed by atoms with E-state index in [4.69, 9.17) is 23.4 Å². The number of hydrogen-bond donors (Lipinski definition) is 0. The standard InChI is InChI=1S/C29H29NO6/c1-18-8-9-23-22(12-18)28(31)21(17-36-23)16-30-10-11-35-29-20(15-30)13-19(14-26(29)34-4)27-24(32-2)6-5-7-25(27)33-3/h5-9,12-14,17H,10-11,15-16H2,1-4H3. The third-order valence-electron chi connectivity index (χ3n) is 6.51. The van der Waals surface area contributed by atoms with Crippen molar-refractivity contribution in [2.45, 2.75) is 20.0 Å². The Morgan fingerprint density at radius 3 is 2.42 bits per heavy atom. The van der Waals surface area contributed by atoms with Gasteiger partial charge in [0.15, 0.2) is 16.9 Å². The first kappa shape index (κ1) is 23.8. The van der Waals surface area contributed by atoms with Crippen LogP contribution in [0.1, 0.15) is 16.7 Å². The molecule has 0 N–H and O–H groups in total. The van der Waals surface area contributed by atoms with Crippen molar-refractivity contribution in [2.75, 3.05) is 34.5 Å². The molecule has 0 fully saturated rings. The molecule has 2 heterocycles. The molecule has 3 aromatic carbocycles. The summed E-state index contributed by atoms with van der Waals surface area (Å²) in [5.41, 5.74) is 4.92. The van der Waals surface area contributed by atoms with Gasteiger partial charge in [0.2, 0.25) is 0 Å². The van der Waals surface area contributed by atoms with E-state index in [0.717, 1.165) is 22.3 Å². The predicted molar refractivity (Wildman–Crippen MR) is 138 cm³/mol. The second kappa shape index (κ2) is 9.95. The van der Waals surface area contributed by atoms with Gasteiger partial charge in [-0.3, -0.25) is 9.69 Å². The lowest BCUT2D eigenvalue weighted by molar-refractivity contribution is 0.215. The fourth-order valence-electron chi connectivity index (χ4n) is 4.74. The first-order chi connectivity index (χ1) is 17.5. The number of nitrogens with zero attached hydrogens (tertiary/aromatic N) is 1. The third kappa shape index (κ3) is 4.38. The van der Waals surface area contributed by atoms with Crippen LogP contribution >= 0.6 is 0 Å². The topological polar surface area (TPSA) is 70.4 Å². The Bertz CT molecular complexity index is 1450. The Labute approximate surface area is 209 Å². The summed E-state index contributed by atoms with van der Waals surface area (Å²) >= 11 is 0. The lowest BCUT2D eigenvalue weighted by Crippen LogP contribution is -2.28. The average molecular weight is 488 g/mol. The molecule has 0 atom stereocenters. The maximum absolute atomic E-state index is 13.2. The molecule has 0 unspecified atom stereocenters. The molecular weight excluding hydrogens is 458 g/mol. The van der Waals surface area contributed by atoms with Gasteiger partial charge in [0.1, 0.15) is 23.7 Å². The second-order valence-electron chi connectivity index (χ2n) is 8.85. The Hall–Kier alpha value is -3.97. The first-order valence-corrected chi connectivity index (χ1v) is 11.8. The third-order valence-corrected chi connectivity index (χ3v) is 6.51. The van der Waals surface area contributed by atoms with Crippen LogP contribution in [0.2, 0.25) is 0 Å². The lowest BCUT2D eigenvalue weighted by atomic mass is 9.99. The number of aryl methyl sites for hydroxylation is 1. The summed E-state index contributed by atoms with van der Waals surface area (Å²) in [6.07, 6.45) is 1.57. The molecule has 1 aliphatic heterocycles. The van der Waals surface area contributed by atoms with E-state index >= 15 is 0 Å². The molecular formula is C29H29NO6. The molecule has 0 saturated carbocycles. The number of fused-ring (bicyclic) bond motifs is 2. The SMILES string of the molecule is COc1cc(-c2c(OC)cccc2OC)cc2c1OCCN(Cc1coc3ccc(C)cc3c1=O)C2. The van der Waals surface area contributed by atoms with Crippen LogP contribution < -0.4 is 24.4 Å². The maximum atomic E-state index is 13.2. The van der Waals surface area contributed by atoms with Crippen molar-refractivity contribution in [2.24, 2.45) is 0 Å². The zero-order valence-electron chi connectivity index (χ0n) is 20.9. The summed E-state index contributed by atoms with van der Waals surface area (Å²) in [4.78, 5) is 15.4. The summed E-state index contributed by atoms with van der Waals surface area (Å²) in [5, 5.41) is 0.603. The smallest absolute Gasteiger partial charge is 0.197 e. The number of methoxy groups -OCH3 is 3. The number of rotatable bonds is 6. The fraction of sp³-hybridized carbons (Fsp3) is 0.276. The molecule has 186 valence electrons. The van der Waals surface area contributed by atoms with Crippen molar-refractivity contribution in [1.29, 1.82) is 0 Å². The van der Waals surface area contributed by atoms with E-state index in [2.05, 4.69) is 11.0 Å². The Kier molecular flexibility index (Phi) is 6.57. The Morgan fingerprint density at radius 2 is 1.69 bits per heavy atom. The normalized spacial score (nSPS) is 13.6. The molecule has 0 bridgehead atoms. The minimum absolute atomic E-state index is 0.00423. The summed E-state index contributed by atoms with van der Waals surface area (Å²) in [6.45, 7) is 4.10. The summed E-state index contributed by atoms with van der Waals surface area (Å²) in [5.74, 6) is 2.75. The van der Waals surface area contributed by atoms with Crippen LogP contribution in [-0.4, -0.2) is 39.4 Å². The summed E-state index contributed by atoms with van der Waals surface area (Å²) < 4.78 is 28.9. The number of benzene rings is 3. The summed E-state index contributed by atoms with van der Waals surface area (Å²) in [6, 6.07) is 15.4. The molecule has 0 radical (unpaired) electrons. The van der Waals surface area contributed by atoms with E-state index in [0.29, 0.717) is 65.8 Å². The van der Waals surface area contributed by atoms with Gasteiger partial charge in [-0.05, 0) is 48.9 Å². The monoisotopic (exact) mass is 487 g/mol. The molecule has 0 saturated heterocycles. The quantitative estimate of drug-likeness (QED) is 0.371. The highest BCUT2D eigenvalue weighted by Gasteiger charge is 2.23. The highest BCUT2D eigenvalue weighted by atomic mass is 16.5. The van der Waals surface area contributed by atoms with Crippen molar-refractivity contribution in [3.63, 3.8) is 0 Å². The molecule has 0 aliphatic carbocycles. The van der Waals surface area contributed by atoms with Crippen LogP contribution in [-0.2, 0) is 13.1 Å². The van der Waals surface area contributed by atoms with E-state index in [1.54, 1.807) is 27.6 Å². The van der Waals surface area contributed by atoms with E-state index in [1.165, 1.54) is 0 Å². The van der Waals surface area contributed by atoms with Crippen molar-refractivity contribution in [3.05, 3.63) is 81.7 Å². The van der Waals surface area contributed by atoms with Crippen molar-refractivity contribution in [1.82, 2.24) is 4.90 Å². The zero-order valence-corrected chi connectivity index (χ0v) is 20.9. The molecule has 36 heavy (non-hydrogen) atoms. The predicted octanol–water partition coefficient (Wildman–Crippen LogP) is 5.19. The average Bonchev–Trinajstić information content (AvgIpc) is 3.11. The molecule has 4 aromatic rings. The molecule has 7 nitrogen and oxygen atoms in total. The van der Waals surface area contributed by atoms with E-state index < -0.39 is 0 Å². The summed E-state index contributed by atoms with van der Waals surface area (Å²) in [7, 11) is 4.91. The van der Waals surface area contributed by atoms with Crippen LogP contribution in [0.3, 0.4) is 0 Å².